The molecule has 0 bridgehead atoms. The number of nitrogens with zero attached hydrogens (tertiary/aromatic N) is 2. The molecule has 3 heterocycles. The van der Waals surface area contributed by atoms with Gasteiger partial charge in [-0.15, -0.1) is 0 Å². The first-order valence-electron chi connectivity index (χ1n) is 13.0. The molecule has 2 atom stereocenters. The third-order valence-corrected chi connectivity index (χ3v) is 8.57. The van der Waals surface area contributed by atoms with E-state index in [-0.39, 0.29) is 28.3 Å². The number of ether oxygens (including phenoxy) is 2. The Hall–Kier alpha value is -2.72. The van der Waals surface area contributed by atoms with E-state index in [4.69, 9.17) is 32.7 Å². The number of benzene rings is 2. The van der Waals surface area contributed by atoms with Gasteiger partial charge in [-0.3, -0.25) is 9.69 Å². The van der Waals surface area contributed by atoms with Gasteiger partial charge in [0.05, 0.1) is 28.4 Å². The van der Waals surface area contributed by atoms with Gasteiger partial charge in [0.15, 0.2) is 5.60 Å². The SMILES string of the molecule is CNC(=O)c1cc(Cl)c(OC(C)(C)C(=O)O)cc1N1CC(O)C(N2CCC3(CC2)Cc2cc(Cl)ccc2O3)C1. The van der Waals surface area contributed by atoms with Gasteiger partial charge in [-0.1, -0.05) is 23.2 Å². The number of carbonyl (C=O) groups is 2. The molecule has 3 N–H and O–H groups in total. The van der Waals surface area contributed by atoms with Gasteiger partial charge in [-0.05, 0) is 43.7 Å². The summed E-state index contributed by atoms with van der Waals surface area (Å²) in [6.45, 7) is 5.18. The summed E-state index contributed by atoms with van der Waals surface area (Å²) in [6, 6.07) is 8.68. The summed E-state index contributed by atoms with van der Waals surface area (Å²) < 4.78 is 12.1. The van der Waals surface area contributed by atoms with E-state index in [0.29, 0.717) is 29.4 Å². The maximum Gasteiger partial charge on any atom is 0.347 e. The van der Waals surface area contributed by atoms with Crippen LogP contribution in [-0.4, -0.2) is 83.6 Å². The van der Waals surface area contributed by atoms with E-state index < -0.39 is 17.7 Å². The van der Waals surface area contributed by atoms with Crippen molar-refractivity contribution < 1.29 is 29.3 Å². The fraction of sp³-hybridized carbons (Fsp3) is 0.500. The molecule has 0 aromatic heterocycles. The molecule has 11 heteroatoms. The van der Waals surface area contributed by atoms with Crippen molar-refractivity contribution in [1.82, 2.24) is 10.2 Å². The first-order valence-corrected chi connectivity index (χ1v) is 13.8. The van der Waals surface area contributed by atoms with Crippen molar-refractivity contribution in [2.75, 3.05) is 38.1 Å². The van der Waals surface area contributed by atoms with Crippen molar-refractivity contribution in [1.29, 1.82) is 0 Å². The van der Waals surface area contributed by atoms with E-state index in [2.05, 4.69) is 10.2 Å². The summed E-state index contributed by atoms with van der Waals surface area (Å²) in [4.78, 5) is 28.6. The molecule has 2 aromatic carbocycles. The second-order valence-corrected chi connectivity index (χ2v) is 11.9. The normalized spacial score (nSPS) is 22.5. The molecule has 210 valence electrons. The Morgan fingerprint density at radius 1 is 1.15 bits per heavy atom. The molecule has 5 rings (SSSR count). The number of rotatable bonds is 6. The number of amides is 1. The van der Waals surface area contributed by atoms with Gasteiger partial charge in [0.1, 0.15) is 17.1 Å². The topological polar surface area (TPSA) is 112 Å². The zero-order chi connectivity index (χ0) is 28.1. The molecule has 0 saturated carbocycles. The lowest BCUT2D eigenvalue weighted by atomic mass is 9.86. The van der Waals surface area contributed by atoms with E-state index in [1.165, 1.54) is 27.0 Å². The number of hydrogen-bond donors (Lipinski definition) is 3. The van der Waals surface area contributed by atoms with Crippen LogP contribution in [0.5, 0.6) is 11.5 Å². The first kappa shape index (κ1) is 27.8. The summed E-state index contributed by atoms with van der Waals surface area (Å²) in [5, 5.41) is 24.1. The van der Waals surface area contributed by atoms with Crippen molar-refractivity contribution in [2.45, 2.75) is 56.5 Å². The highest BCUT2D eigenvalue weighted by atomic mass is 35.5. The number of piperidine rings is 1. The molecule has 2 fully saturated rings. The largest absolute Gasteiger partial charge is 0.487 e. The zero-order valence-electron chi connectivity index (χ0n) is 22.2. The van der Waals surface area contributed by atoms with Crippen LogP contribution in [0.1, 0.15) is 42.6 Å². The lowest BCUT2D eigenvalue weighted by Crippen LogP contribution is -2.53. The molecule has 2 aromatic rings. The summed E-state index contributed by atoms with van der Waals surface area (Å²) in [7, 11) is 1.53. The molecule has 0 radical (unpaired) electrons. The lowest BCUT2D eigenvalue weighted by Gasteiger charge is -2.41. The van der Waals surface area contributed by atoms with Crippen molar-refractivity contribution in [3.8, 4) is 11.5 Å². The molecule has 2 saturated heterocycles. The van der Waals surface area contributed by atoms with Gasteiger partial charge >= 0.3 is 5.97 Å². The standard InChI is InChI=1S/C28H33Cl2N3O6/c1-27(2,26(36)37)38-24-12-20(18(11-19(24)30)25(35)31-3)33-14-21(22(34)15-33)32-8-6-28(7-9-32)13-16-10-17(29)4-5-23(16)39-28/h4-5,10-12,21-22,34H,6-9,13-15H2,1-3H3,(H,31,35)(H,36,37). The van der Waals surface area contributed by atoms with Crippen LogP contribution in [0, 0.1) is 0 Å². The molecule has 3 aliphatic heterocycles. The number of aliphatic hydroxyl groups excluding tert-OH is 1. The van der Waals surface area contributed by atoms with Crippen LogP contribution in [0.25, 0.3) is 0 Å². The van der Waals surface area contributed by atoms with Crippen molar-refractivity contribution in [3.05, 3.63) is 51.5 Å². The Labute approximate surface area is 237 Å². The summed E-state index contributed by atoms with van der Waals surface area (Å²) in [6.07, 6.45) is 1.84. The number of carboxylic acids is 1. The fourth-order valence-electron chi connectivity index (χ4n) is 5.79. The quantitative estimate of drug-likeness (QED) is 0.477. The highest BCUT2D eigenvalue weighted by Crippen LogP contribution is 2.43. The fourth-order valence-corrected chi connectivity index (χ4v) is 6.18. The van der Waals surface area contributed by atoms with E-state index in [9.17, 15) is 19.8 Å². The highest BCUT2D eigenvalue weighted by molar-refractivity contribution is 6.32. The maximum atomic E-state index is 12.7. The minimum Gasteiger partial charge on any atom is -0.487 e. The van der Waals surface area contributed by atoms with Crippen LogP contribution >= 0.6 is 23.2 Å². The average molecular weight is 578 g/mol. The van der Waals surface area contributed by atoms with Crippen LogP contribution in [0.4, 0.5) is 5.69 Å². The summed E-state index contributed by atoms with van der Waals surface area (Å²) >= 11 is 12.6. The molecule has 9 nitrogen and oxygen atoms in total. The Kier molecular flexibility index (Phi) is 7.39. The minimum absolute atomic E-state index is 0.128. The number of hydrogen-bond acceptors (Lipinski definition) is 7. The molecule has 1 amide bonds. The highest BCUT2D eigenvalue weighted by Gasteiger charge is 2.45. The van der Waals surface area contributed by atoms with Crippen LogP contribution in [0.2, 0.25) is 10.0 Å². The summed E-state index contributed by atoms with van der Waals surface area (Å²) in [5.74, 6) is -0.435. The number of anilines is 1. The molecule has 0 aliphatic carbocycles. The number of carboxylic acid groups (broad SMARTS) is 1. The van der Waals surface area contributed by atoms with Gasteiger partial charge in [0, 0.05) is 63.6 Å². The van der Waals surface area contributed by atoms with E-state index in [1.54, 1.807) is 6.07 Å². The smallest absolute Gasteiger partial charge is 0.347 e. The lowest BCUT2D eigenvalue weighted by molar-refractivity contribution is -0.152. The van der Waals surface area contributed by atoms with Crippen molar-refractivity contribution in [3.63, 3.8) is 0 Å². The predicted molar refractivity (Wildman–Crippen MR) is 149 cm³/mol. The van der Waals surface area contributed by atoms with Gasteiger partial charge in [-0.2, -0.15) is 0 Å². The van der Waals surface area contributed by atoms with Crippen molar-refractivity contribution in [2.24, 2.45) is 0 Å². The monoisotopic (exact) mass is 577 g/mol. The molecular formula is C28H33Cl2N3O6. The van der Waals surface area contributed by atoms with Crippen LogP contribution in [0.15, 0.2) is 30.3 Å². The van der Waals surface area contributed by atoms with Gasteiger partial charge in [0.25, 0.3) is 5.91 Å². The Morgan fingerprint density at radius 2 is 1.87 bits per heavy atom. The van der Waals surface area contributed by atoms with E-state index in [0.717, 1.165) is 43.7 Å². The maximum absolute atomic E-state index is 12.7. The molecule has 1 spiro atoms. The number of fused-ring (bicyclic) bond motifs is 1. The first-order chi connectivity index (χ1) is 18.4. The average Bonchev–Trinajstić information content (AvgIpc) is 3.44. The second kappa shape index (κ2) is 10.4. The van der Waals surface area contributed by atoms with Gasteiger partial charge < -0.3 is 29.9 Å². The second-order valence-electron chi connectivity index (χ2n) is 11.1. The van der Waals surface area contributed by atoms with Crippen LogP contribution < -0.4 is 19.7 Å². The van der Waals surface area contributed by atoms with Gasteiger partial charge in [0.2, 0.25) is 0 Å². The number of carbonyl (C=O) groups excluding carboxylic acids is 1. The van der Waals surface area contributed by atoms with E-state index >= 15 is 0 Å². The Morgan fingerprint density at radius 3 is 2.54 bits per heavy atom. The number of likely N-dealkylation sites (tertiary alicyclic amines) is 1. The summed E-state index contributed by atoms with van der Waals surface area (Å²) in [5.41, 5.74) is 0.204. The number of halogens is 2. The number of aliphatic hydroxyl groups is 1. The number of aliphatic carboxylic acids is 1. The molecule has 39 heavy (non-hydrogen) atoms. The predicted octanol–water partition coefficient (Wildman–Crippen LogP) is 3.61. The van der Waals surface area contributed by atoms with Crippen LogP contribution in [-0.2, 0) is 11.2 Å². The third-order valence-electron chi connectivity index (χ3n) is 8.04. The molecule has 2 unspecified atom stereocenters. The molecule has 3 aliphatic rings. The van der Waals surface area contributed by atoms with Crippen LogP contribution in [0.3, 0.4) is 0 Å². The van der Waals surface area contributed by atoms with E-state index in [1.807, 2.05) is 23.1 Å². The third kappa shape index (κ3) is 5.37. The Balaban J connectivity index is 1.33. The zero-order valence-corrected chi connectivity index (χ0v) is 23.7. The van der Waals surface area contributed by atoms with Crippen molar-refractivity contribution >= 4 is 40.8 Å². The minimum atomic E-state index is -1.53. The van der Waals surface area contributed by atoms with Gasteiger partial charge in [-0.25, -0.2) is 4.79 Å². The number of nitrogens with one attached hydrogen (secondary N) is 1. The number of β-amino-alcohol motifs (C(OH)–C–C–N with tert-alkyl or cyclic N) is 1. The molecular weight excluding hydrogens is 545 g/mol. The Bertz CT molecular complexity index is 1290.